The Kier molecular flexibility index (Phi) is 8.60. The Labute approximate surface area is 179 Å². The molecule has 1 unspecified atom stereocenters. The molecule has 2 aromatic carbocycles. The van der Waals surface area contributed by atoms with Crippen molar-refractivity contribution < 1.29 is 13.7 Å². The van der Waals surface area contributed by atoms with Gasteiger partial charge < -0.3 is 10.5 Å². The van der Waals surface area contributed by atoms with E-state index < -0.39 is 17.0 Å². The van der Waals surface area contributed by atoms with Crippen molar-refractivity contribution in [2.75, 3.05) is 17.6 Å². The van der Waals surface area contributed by atoms with E-state index in [9.17, 15) is 9.00 Å². The van der Waals surface area contributed by atoms with Gasteiger partial charge in [0.25, 0.3) is 0 Å². The molecule has 3 aromatic rings. The summed E-state index contributed by atoms with van der Waals surface area (Å²) in [4.78, 5) is 16.2. The van der Waals surface area contributed by atoms with Crippen molar-refractivity contribution in [3.05, 3.63) is 83.7 Å². The summed E-state index contributed by atoms with van der Waals surface area (Å²) in [5.41, 5.74) is 7.94. The molecule has 30 heavy (non-hydrogen) atoms. The van der Waals surface area contributed by atoms with E-state index in [4.69, 9.17) is 5.73 Å². The molecule has 0 spiro atoms. The van der Waals surface area contributed by atoms with Gasteiger partial charge in [0.1, 0.15) is 11.0 Å². The average molecular weight is 422 g/mol. The van der Waals surface area contributed by atoms with Crippen LogP contribution in [0.2, 0.25) is 0 Å². The largest absolute Gasteiger partial charge is 0.464 e. The number of anilines is 2. The van der Waals surface area contributed by atoms with Crippen LogP contribution in [0, 0.1) is 11.8 Å². The van der Waals surface area contributed by atoms with Crippen molar-refractivity contribution in [1.82, 2.24) is 4.98 Å². The number of carbonyl (C=O) groups is 1. The fourth-order valence-electron chi connectivity index (χ4n) is 2.34. The van der Waals surface area contributed by atoms with Crippen LogP contribution in [0.15, 0.2) is 71.8 Å². The summed E-state index contributed by atoms with van der Waals surface area (Å²) in [6.45, 7) is 4.00. The van der Waals surface area contributed by atoms with E-state index in [1.807, 2.05) is 50.2 Å². The first-order valence-corrected chi connectivity index (χ1v) is 10.4. The van der Waals surface area contributed by atoms with Crippen LogP contribution in [0.25, 0.3) is 0 Å². The number of rotatable bonds is 4. The highest BCUT2D eigenvalue weighted by Crippen LogP contribution is 2.18. The number of ether oxygens (including phenoxy) is 1. The van der Waals surface area contributed by atoms with Gasteiger partial charge in [0.2, 0.25) is 0 Å². The highest BCUT2D eigenvalue weighted by atomic mass is 32.2. The number of hydrogen-bond acceptors (Lipinski definition) is 5. The minimum Gasteiger partial charge on any atom is -0.464 e. The lowest BCUT2D eigenvalue weighted by atomic mass is 10.1. The van der Waals surface area contributed by atoms with Gasteiger partial charge >= 0.3 is 5.97 Å². The van der Waals surface area contributed by atoms with Crippen LogP contribution in [0.4, 0.5) is 11.4 Å². The Balaban J connectivity index is 0.00000155. The first-order valence-electron chi connectivity index (χ1n) is 9.27. The van der Waals surface area contributed by atoms with Gasteiger partial charge in [-0.05, 0) is 30.3 Å². The van der Waals surface area contributed by atoms with E-state index in [1.165, 1.54) is 13.3 Å². The van der Waals surface area contributed by atoms with Gasteiger partial charge in [-0.25, -0.2) is 14.0 Å². The molecule has 1 heterocycles. The first kappa shape index (κ1) is 22.7. The van der Waals surface area contributed by atoms with Crippen molar-refractivity contribution in [2.24, 2.45) is 0 Å². The lowest BCUT2D eigenvalue weighted by Gasteiger charge is -2.08. The van der Waals surface area contributed by atoms with Gasteiger partial charge in [0.05, 0.1) is 23.4 Å². The van der Waals surface area contributed by atoms with Crippen molar-refractivity contribution in [1.29, 1.82) is 0 Å². The molecule has 154 valence electrons. The molecule has 1 aromatic heterocycles. The number of nitrogens with two attached hydrogens (primary N) is 1. The number of benzene rings is 2. The van der Waals surface area contributed by atoms with E-state index in [0.717, 1.165) is 0 Å². The van der Waals surface area contributed by atoms with Crippen LogP contribution in [-0.4, -0.2) is 22.3 Å². The third-order valence-corrected chi connectivity index (χ3v) is 4.83. The Bertz CT molecular complexity index is 1090. The molecule has 3 rings (SSSR count). The molecular weight excluding hydrogens is 398 g/mol. The smallest absolute Gasteiger partial charge is 0.358 e. The summed E-state index contributed by atoms with van der Waals surface area (Å²) in [7, 11) is -0.143. The van der Waals surface area contributed by atoms with Crippen LogP contribution in [0.1, 0.15) is 35.5 Å². The number of esters is 1. The monoisotopic (exact) mass is 421 g/mol. The second-order valence-electron chi connectivity index (χ2n) is 5.63. The van der Waals surface area contributed by atoms with Gasteiger partial charge in [-0.3, -0.25) is 4.72 Å². The van der Waals surface area contributed by atoms with Crippen LogP contribution in [-0.2, 0) is 15.7 Å². The van der Waals surface area contributed by atoms with E-state index in [0.29, 0.717) is 21.7 Å². The van der Waals surface area contributed by atoms with E-state index in [2.05, 4.69) is 26.3 Å². The molecule has 1 atom stereocenters. The molecular formula is C23H23N3O3S. The number of para-hydroxylation sites is 1. The third-order valence-electron chi connectivity index (χ3n) is 3.72. The van der Waals surface area contributed by atoms with Crippen LogP contribution in [0.5, 0.6) is 0 Å². The Morgan fingerprint density at radius 1 is 1.07 bits per heavy atom. The zero-order valence-corrected chi connectivity index (χ0v) is 17.8. The fraction of sp³-hybridized carbons (Fsp3) is 0.130. The van der Waals surface area contributed by atoms with Crippen LogP contribution in [0.3, 0.4) is 0 Å². The molecule has 0 saturated heterocycles. The molecule has 0 aliphatic heterocycles. The summed E-state index contributed by atoms with van der Waals surface area (Å²) < 4.78 is 20.1. The molecule has 0 aliphatic rings. The maximum atomic E-state index is 12.5. The zero-order chi connectivity index (χ0) is 21.9. The topological polar surface area (TPSA) is 94.3 Å². The lowest BCUT2D eigenvalue weighted by Crippen LogP contribution is -2.08. The molecule has 0 bridgehead atoms. The second-order valence-corrected chi connectivity index (χ2v) is 6.85. The number of nitrogens with one attached hydrogen (secondary N) is 1. The molecule has 3 N–H and O–H groups in total. The van der Waals surface area contributed by atoms with Crippen LogP contribution >= 0.6 is 0 Å². The minimum atomic E-state index is -1.41. The first-order chi connectivity index (χ1) is 14.6. The highest BCUT2D eigenvalue weighted by molar-refractivity contribution is 7.86. The normalized spacial score (nSPS) is 10.5. The van der Waals surface area contributed by atoms with Gasteiger partial charge in [0.15, 0.2) is 5.69 Å². The number of methoxy groups -OCH3 is 1. The molecule has 0 radical (unpaired) electrons. The molecule has 0 fully saturated rings. The Morgan fingerprint density at radius 3 is 2.40 bits per heavy atom. The van der Waals surface area contributed by atoms with Gasteiger partial charge in [0, 0.05) is 17.3 Å². The third kappa shape index (κ3) is 5.93. The number of carbonyl (C=O) groups excluding carboxylic acids is 1. The zero-order valence-electron chi connectivity index (χ0n) is 17.0. The van der Waals surface area contributed by atoms with Crippen molar-refractivity contribution in [3.63, 3.8) is 0 Å². The SMILES string of the molecule is CC.COC(=O)c1ncc(C#Cc2ccccc2NS(=O)c2ccccc2)cc1N. The molecule has 0 aliphatic carbocycles. The number of pyridine rings is 1. The van der Waals surface area contributed by atoms with Gasteiger partial charge in [-0.2, -0.15) is 0 Å². The fourth-order valence-corrected chi connectivity index (χ4v) is 3.24. The van der Waals surface area contributed by atoms with Crippen LogP contribution < -0.4 is 10.5 Å². The predicted molar refractivity (Wildman–Crippen MR) is 120 cm³/mol. The van der Waals surface area contributed by atoms with Gasteiger partial charge in [-0.15, -0.1) is 0 Å². The summed E-state index contributed by atoms with van der Waals surface area (Å²) in [6, 6.07) is 18.0. The highest BCUT2D eigenvalue weighted by Gasteiger charge is 2.11. The Morgan fingerprint density at radius 2 is 1.73 bits per heavy atom. The van der Waals surface area contributed by atoms with E-state index in [1.54, 1.807) is 24.3 Å². The van der Waals surface area contributed by atoms with Crippen molar-refractivity contribution in [3.8, 4) is 11.8 Å². The molecule has 7 heteroatoms. The van der Waals surface area contributed by atoms with E-state index >= 15 is 0 Å². The minimum absolute atomic E-state index is 0.0494. The number of nitrogens with zero attached hydrogens (tertiary/aromatic N) is 1. The van der Waals surface area contributed by atoms with Crippen molar-refractivity contribution in [2.45, 2.75) is 18.7 Å². The van der Waals surface area contributed by atoms with E-state index in [-0.39, 0.29) is 11.4 Å². The molecule has 6 nitrogen and oxygen atoms in total. The summed E-state index contributed by atoms with van der Waals surface area (Å²) in [5.74, 6) is 5.37. The Hall–Kier alpha value is -3.63. The summed E-state index contributed by atoms with van der Waals surface area (Å²) in [6.07, 6.45) is 1.45. The predicted octanol–water partition coefficient (Wildman–Crippen LogP) is 4.01. The van der Waals surface area contributed by atoms with Gasteiger partial charge in [-0.1, -0.05) is 56.0 Å². The number of hydrogen-bond donors (Lipinski definition) is 2. The summed E-state index contributed by atoms with van der Waals surface area (Å²) >= 11 is 0. The standard InChI is InChI=1S/C21H17N3O3S.C2H6/c1-27-21(25)20-18(22)13-15(14-23-20)11-12-16-7-5-6-10-19(16)24-28(26)17-8-3-2-4-9-17;1-2/h2-10,13-14,24H,22H2,1H3;1-2H3. The summed E-state index contributed by atoms with van der Waals surface area (Å²) in [5, 5.41) is 0. The lowest BCUT2D eigenvalue weighted by molar-refractivity contribution is 0.0595. The van der Waals surface area contributed by atoms with Crippen molar-refractivity contribution >= 4 is 28.3 Å². The number of aromatic nitrogens is 1. The second kappa shape index (κ2) is 11.4. The maximum Gasteiger partial charge on any atom is 0.358 e. The maximum absolute atomic E-state index is 12.5. The number of nitrogen functional groups attached to an aromatic ring is 1. The quantitative estimate of drug-likeness (QED) is 0.490. The molecule has 0 amide bonds. The average Bonchev–Trinajstić information content (AvgIpc) is 2.80. The molecule has 0 saturated carbocycles.